The van der Waals surface area contributed by atoms with Crippen molar-refractivity contribution in [1.82, 2.24) is 20.1 Å². The van der Waals surface area contributed by atoms with Crippen LogP contribution in [-0.4, -0.2) is 52.3 Å². The Labute approximate surface area is 132 Å². The number of pyridine rings is 1. The molecule has 0 bridgehead atoms. The molecule has 1 amide bonds. The predicted molar refractivity (Wildman–Crippen MR) is 80.6 cm³/mol. The summed E-state index contributed by atoms with van der Waals surface area (Å²) in [4.78, 5) is 27.8. The van der Waals surface area contributed by atoms with Crippen molar-refractivity contribution >= 4 is 5.91 Å². The Kier molecular flexibility index (Phi) is 4.22. The molecule has 1 saturated heterocycles. The Bertz CT molecular complexity index is 744. The van der Waals surface area contributed by atoms with Crippen LogP contribution in [0.4, 0.5) is 0 Å². The average Bonchev–Trinajstić information content (AvgIpc) is 3.03. The highest BCUT2D eigenvalue weighted by molar-refractivity contribution is 5.94. The molecule has 0 radical (unpaired) electrons. The number of hydrogen-bond acceptors (Lipinski definition) is 6. The number of likely N-dealkylation sites (tertiary alicyclic amines) is 1. The van der Waals surface area contributed by atoms with Crippen molar-refractivity contribution in [3.05, 3.63) is 46.4 Å². The molecule has 23 heavy (non-hydrogen) atoms. The number of amides is 1. The Morgan fingerprint density at radius 3 is 2.78 bits per heavy atom. The van der Waals surface area contributed by atoms with Crippen LogP contribution >= 0.6 is 0 Å². The lowest BCUT2D eigenvalue weighted by Gasteiger charge is -2.16. The van der Waals surface area contributed by atoms with Gasteiger partial charge in [-0.15, -0.1) is 10.2 Å². The van der Waals surface area contributed by atoms with Gasteiger partial charge in [-0.25, -0.2) is 0 Å². The molecule has 8 heteroatoms. The Morgan fingerprint density at radius 2 is 2.09 bits per heavy atom. The van der Waals surface area contributed by atoms with E-state index >= 15 is 0 Å². The zero-order chi connectivity index (χ0) is 16.2. The molecular weight excluding hydrogens is 300 g/mol. The Morgan fingerprint density at radius 1 is 1.30 bits per heavy atom. The highest BCUT2D eigenvalue weighted by Gasteiger charge is 2.28. The molecule has 0 aromatic carbocycles. The third-order valence-electron chi connectivity index (χ3n) is 3.57. The Hall–Kier alpha value is -2.90. The molecule has 1 unspecified atom stereocenters. The van der Waals surface area contributed by atoms with E-state index in [2.05, 4.69) is 15.2 Å². The van der Waals surface area contributed by atoms with Crippen molar-refractivity contribution in [3.8, 4) is 11.8 Å². The highest BCUT2D eigenvalue weighted by atomic mass is 16.5. The smallest absolute Gasteiger partial charge is 0.254 e. The molecule has 2 aromatic rings. The van der Waals surface area contributed by atoms with Gasteiger partial charge in [0.25, 0.3) is 5.91 Å². The fourth-order valence-electron chi connectivity index (χ4n) is 2.42. The second-order valence-corrected chi connectivity index (χ2v) is 5.14. The number of ether oxygens (including phenoxy) is 2. The number of aromatic nitrogens is 3. The molecule has 3 rings (SSSR count). The number of carbonyl (C=O) groups excluding carboxylic acids is 1. The lowest BCUT2D eigenvalue weighted by Crippen LogP contribution is -2.31. The van der Waals surface area contributed by atoms with Crippen LogP contribution in [0.1, 0.15) is 16.8 Å². The highest BCUT2D eigenvalue weighted by Crippen LogP contribution is 2.18. The van der Waals surface area contributed by atoms with Crippen LogP contribution in [0, 0.1) is 0 Å². The molecule has 2 aromatic heterocycles. The molecule has 0 saturated carbocycles. The summed E-state index contributed by atoms with van der Waals surface area (Å²) in [5.74, 6) is 0.624. The van der Waals surface area contributed by atoms with Gasteiger partial charge in [0, 0.05) is 42.9 Å². The maximum absolute atomic E-state index is 12.4. The molecular formula is C15H16N4O4. The number of nitrogens with zero attached hydrogens (tertiary/aromatic N) is 3. The van der Waals surface area contributed by atoms with Crippen LogP contribution in [0.3, 0.4) is 0 Å². The number of carbonyl (C=O) groups is 1. The topological polar surface area (TPSA) is 97.4 Å². The summed E-state index contributed by atoms with van der Waals surface area (Å²) in [5.41, 5.74) is 0.0787. The van der Waals surface area contributed by atoms with E-state index in [0.717, 1.165) is 0 Å². The summed E-state index contributed by atoms with van der Waals surface area (Å²) >= 11 is 0. The number of methoxy groups -OCH3 is 1. The van der Waals surface area contributed by atoms with E-state index in [1.54, 1.807) is 23.1 Å². The second-order valence-electron chi connectivity index (χ2n) is 5.14. The van der Waals surface area contributed by atoms with Gasteiger partial charge in [0.05, 0.1) is 13.7 Å². The van der Waals surface area contributed by atoms with Gasteiger partial charge >= 0.3 is 0 Å². The van der Waals surface area contributed by atoms with E-state index in [4.69, 9.17) is 9.47 Å². The lowest BCUT2D eigenvalue weighted by atomic mass is 10.2. The molecule has 8 nitrogen and oxygen atoms in total. The SMILES string of the molecule is COc1ccc(OC2CCN(C(=O)c3cc[nH]c(=O)c3)C2)nn1. The summed E-state index contributed by atoms with van der Waals surface area (Å²) in [6, 6.07) is 6.22. The van der Waals surface area contributed by atoms with E-state index in [0.29, 0.717) is 36.8 Å². The van der Waals surface area contributed by atoms with Crippen molar-refractivity contribution in [2.24, 2.45) is 0 Å². The summed E-state index contributed by atoms with van der Waals surface area (Å²) in [5, 5.41) is 7.74. The van der Waals surface area contributed by atoms with E-state index in [9.17, 15) is 9.59 Å². The van der Waals surface area contributed by atoms with Crippen LogP contribution in [0.5, 0.6) is 11.8 Å². The van der Waals surface area contributed by atoms with Crippen molar-refractivity contribution in [1.29, 1.82) is 0 Å². The van der Waals surface area contributed by atoms with Crippen LogP contribution in [0.25, 0.3) is 0 Å². The molecule has 120 valence electrons. The number of hydrogen-bond donors (Lipinski definition) is 1. The van der Waals surface area contributed by atoms with Gasteiger partial charge in [0.15, 0.2) is 0 Å². The molecule has 1 N–H and O–H groups in total. The minimum atomic E-state index is -0.295. The molecule has 0 aliphatic carbocycles. The van der Waals surface area contributed by atoms with Crippen molar-refractivity contribution in [3.63, 3.8) is 0 Å². The van der Waals surface area contributed by atoms with E-state index in [1.165, 1.54) is 19.4 Å². The zero-order valence-electron chi connectivity index (χ0n) is 12.6. The van der Waals surface area contributed by atoms with Crippen LogP contribution < -0.4 is 15.0 Å². The van der Waals surface area contributed by atoms with Gasteiger partial charge in [-0.05, 0) is 6.07 Å². The summed E-state index contributed by atoms with van der Waals surface area (Å²) in [7, 11) is 1.51. The number of nitrogens with one attached hydrogen (secondary N) is 1. The molecule has 1 atom stereocenters. The van der Waals surface area contributed by atoms with E-state index < -0.39 is 0 Å². The van der Waals surface area contributed by atoms with Crippen molar-refractivity contribution in [2.45, 2.75) is 12.5 Å². The largest absolute Gasteiger partial charge is 0.480 e. The lowest BCUT2D eigenvalue weighted by molar-refractivity contribution is 0.0770. The third-order valence-corrected chi connectivity index (χ3v) is 3.57. The van der Waals surface area contributed by atoms with Crippen LogP contribution in [-0.2, 0) is 0 Å². The molecule has 3 heterocycles. The van der Waals surface area contributed by atoms with E-state index in [1.807, 2.05) is 0 Å². The minimum Gasteiger partial charge on any atom is -0.480 e. The Balaban J connectivity index is 1.61. The number of H-pyrrole nitrogens is 1. The molecule has 1 fully saturated rings. The van der Waals surface area contributed by atoms with Crippen LogP contribution in [0.2, 0.25) is 0 Å². The molecule has 0 spiro atoms. The second kappa shape index (κ2) is 6.47. The number of aromatic amines is 1. The maximum Gasteiger partial charge on any atom is 0.254 e. The predicted octanol–water partition coefficient (Wildman–Crippen LogP) is 0.467. The number of rotatable bonds is 4. The normalized spacial score (nSPS) is 17.1. The molecule has 1 aliphatic rings. The quantitative estimate of drug-likeness (QED) is 0.880. The van der Waals surface area contributed by atoms with E-state index in [-0.39, 0.29) is 17.6 Å². The van der Waals surface area contributed by atoms with Crippen LogP contribution in [0.15, 0.2) is 35.3 Å². The standard InChI is InChI=1S/C15H16N4O4/c1-22-13-2-3-14(18-17-13)23-11-5-7-19(9-11)15(21)10-4-6-16-12(20)8-10/h2-4,6,8,11H,5,7,9H2,1H3,(H,16,20). The fraction of sp³-hybridized carbons (Fsp3) is 0.333. The fourth-order valence-corrected chi connectivity index (χ4v) is 2.42. The van der Waals surface area contributed by atoms with Gasteiger partial charge < -0.3 is 19.4 Å². The average molecular weight is 316 g/mol. The first-order chi connectivity index (χ1) is 11.2. The van der Waals surface area contributed by atoms with Crippen molar-refractivity contribution in [2.75, 3.05) is 20.2 Å². The summed E-state index contributed by atoms with van der Waals surface area (Å²) < 4.78 is 10.7. The minimum absolute atomic E-state index is 0.149. The third kappa shape index (κ3) is 3.47. The zero-order valence-corrected chi connectivity index (χ0v) is 12.6. The monoisotopic (exact) mass is 316 g/mol. The first-order valence-electron chi connectivity index (χ1n) is 7.18. The first kappa shape index (κ1) is 15.0. The van der Waals surface area contributed by atoms with Gasteiger partial charge in [-0.3, -0.25) is 9.59 Å². The first-order valence-corrected chi connectivity index (χ1v) is 7.18. The maximum atomic E-state index is 12.4. The van der Waals surface area contributed by atoms with Gasteiger partial charge in [-0.2, -0.15) is 0 Å². The van der Waals surface area contributed by atoms with Gasteiger partial charge in [0.1, 0.15) is 6.10 Å². The van der Waals surface area contributed by atoms with Gasteiger partial charge in [0.2, 0.25) is 17.3 Å². The van der Waals surface area contributed by atoms with Crippen molar-refractivity contribution < 1.29 is 14.3 Å². The summed E-state index contributed by atoms with van der Waals surface area (Å²) in [6.07, 6.45) is 2.01. The summed E-state index contributed by atoms with van der Waals surface area (Å²) in [6.45, 7) is 1.01. The molecule has 1 aliphatic heterocycles. The van der Waals surface area contributed by atoms with Gasteiger partial charge in [-0.1, -0.05) is 0 Å².